The Balaban J connectivity index is 3.04. The van der Waals surface area contributed by atoms with E-state index in [2.05, 4.69) is 4.98 Å². The second kappa shape index (κ2) is 3.22. The highest BCUT2D eigenvalue weighted by atomic mass is 35.5. The van der Waals surface area contributed by atoms with Crippen molar-refractivity contribution in [2.75, 3.05) is 0 Å². The lowest BCUT2D eigenvalue weighted by atomic mass is 10.3. The summed E-state index contributed by atoms with van der Waals surface area (Å²) >= 11 is 11.3. The number of rotatable bonds is 1. The molecule has 1 nitrogen and oxygen atoms in total. The van der Waals surface area contributed by atoms with Gasteiger partial charge in [0.15, 0.2) is 0 Å². The summed E-state index contributed by atoms with van der Waals surface area (Å²) in [6.07, 6.45) is 1.72. The van der Waals surface area contributed by atoms with E-state index in [0.717, 1.165) is 16.3 Å². The zero-order valence-corrected chi connectivity index (χ0v) is 7.08. The molecular weight excluding hydrogens is 169 g/mol. The highest BCUT2D eigenvalue weighted by Crippen LogP contribution is 2.14. The van der Waals surface area contributed by atoms with Crippen LogP contribution in [0.25, 0.3) is 0 Å². The molecule has 0 N–H and O–H groups in total. The molecule has 10 heavy (non-hydrogen) atoms. The average Bonchev–Trinajstić information content (AvgIpc) is 1.95. The Morgan fingerprint density at radius 2 is 2.30 bits per heavy atom. The van der Waals surface area contributed by atoms with Crippen LogP contribution in [0.5, 0.6) is 0 Å². The van der Waals surface area contributed by atoms with E-state index in [1.165, 1.54) is 0 Å². The summed E-state index contributed by atoms with van der Waals surface area (Å²) in [7, 11) is 0. The van der Waals surface area contributed by atoms with Gasteiger partial charge < -0.3 is 0 Å². The first-order chi connectivity index (χ1) is 4.74. The lowest BCUT2D eigenvalue weighted by Gasteiger charge is -1.97. The third-order valence-electron chi connectivity index (χ3n) is 1.23. The first-order valence-corrected chi connectivity index (χ1v) is 3.82. The van der Waals surface area contributed by atoms with Gasteiger partial charge in [-0.1, -0.05) is 11.6 Å². The van der Waals surface area contributed by atoms with Crippen LogP contribution in [0.3, 0.4) is 0 Å². The number of alkyl halides is 1. The molecule has 1 aromatic rings. The molecule has 0 aliphatic carbocycles. The van der Waals surface area contributed by atoms with Gasteiger partial charge in [-0.2, -0.15) is 0 Å². The molecule has 0 spiro atoms. The highest BCUT2D eigenvalue weighted by Gasteiger charge is 1.96. The Morgan fingerprint density at radius 3 is 2.80 bits per heavy atom. The van der Waals surface area contributed by atoms with E-state index in [1.807, 2.05) is 6.92 Å². The molecule has 0 aliphatic heterocycles. The molecule has 0 unspecified atom stereocenters. The SMILES string of the molecule is Cc1cnc(CCl)cc1Cl. The van der Waals surface area contributed by atoms with Crippen molar-refractivity contribution in [3.05, 3.63) is 28.5 Å². The van der Waals surface area contributed by atoms with Crippen LogP contribution in [0, 0.1) is 6.92 Å². The summed E-state index contributed by atoms with van der Waals surface area (Å²) in [6, 6.07) is 1.78. The molecule has 0 saturated carbocycles. The van der Waals surface area contributed by atoms with Gasteiger partial charge in [-0.25, -0.2) is 0 Å². The minimum Gasteiger partial charge on any atom is -0.260 e. The minimum absolute atomic E-state index is 0.417. The predicted octanol–water partition coefficient (Wildman–Crippen LogP) is 2.78. The number of nitrogens with zero attached hydrogens (tertiary/aromatic N) is 1. The molecule has 0 saturated heterocycles. The normalized spacial score (nSPS) is 9.90. The maximum atomic E-state index is 5.79. The Labute approximate surface area is 70.0 Å². The van der Waals surface area contributed by atoms with Crippen LogP contribution in [0.15, 0.2) is 12.3 Å². The third kappa shape index (κ3) is 1.61. The molecule has 1 aromatic heterocycles. The smallest absolute Gasteiger partial charge is 0.0647 e. The quantitative estimate of drug-likeness (QED) is 0.599. The monoisotopic (exact) mass is 175 g/mol. The average molecular weight is 176 g/mol. The van der Waals surface area contributed by atoms with Crippen molar-refractivity contribution < 1.29 is 0 Å². The molecule has 0 bridgehead atoms. The van der Waals surface area contributed by atoms with Crippen LogP contribution in [0.4, 0.5) is 0 Å². The van der Waals surface area contributed by atoms with Crippen LogP contribution in [0.1, 0.15) is 11.3 Å². The summed E-state index contributed by atoms with van der Waals surface area (Å²) in [6.45, 7) is 1.91. The van der Waals surface area contributed by atoms with Gasteiger partial charge in [-0.15, -0.1) is 11.6 Å². The van der Waals surface area contributed by atoms with E-state index in [1.54, 1.807) is 12.3 Å². The summed E-state index contributed by atoms with van der Waals surface area (Å²) in [5.74, 6) is 0.417. The van der Waals surface area contributed by atoms with Crippen molar-refractivity contribution >= 4 is 23.2 Å². The molecule has 1 heterocycles. The molecule has 3 heteroatoms. The summed E-state index contributed by atoms with van der Waals surface area (Å²) in [5, 5.41) is 0.727. The van der Waals surface area contributed by atoms with E-state index in [9.17, 15) is 0 Å². The van der Waals surface area contributed by atoms with Crippen molar-refractivity contribution in [1.29, 1.82) is 0 Å². The van der Waals surface area contributed by atoms with Gasteiger partial charge in [0.25, 0.3) is 0 Å². The summed E-state index contributed by atoms with van der Waals surface area (Å²) in [4.78, 5) is 4.04. The zero-order valence-electron chi connectivity index (χ0n) is 5.56. The van der Waals surface area contributed by atoms with Gasteiger partial charge in [0.1, 0.15) is 0 Å². The third-order valence-corrected chi connectivity index (χ3v) is 1.91. The van der Waals surface area contributed by atoms with Crippen LogP contribution >= 0.6 is 23.2 Å². The second-order valence-electron chi connectivity index (χ2n) is 2.06. The van der Waals surface area contributed by atoms with E-state index in [0.29, 0.717) is 5.88 Å². The number of halogens is 2. The molecule has 0 aliphatic rings. The first kappa shape index (κ1) is 7.83. The number of pyridine rings is 1. The first-order valence-electron chi connectivity index (χ1n) is 2.91. The van der Waals surface area contributed by atoms with Gasteiger partial charge >= 0.3 is 0 Å². The lowest BCUT2D eigenvalue weighted by molar-refractivity contribution is 1.15. The van der Waals surface area contributed by atoms with E-state index < -0.39 is 0 Å². The highest BCUT2D eigenvalue weighted by molar-refractivity contribution is 6.31. The van der Waals surface area contributed by atoms with Crippen LogP contribution in [-0.2, 0) is 5.88 Å². The van der Waals surface area contributed by atoms with Crippen LogP contribution < -0.4 is 0 Å². The van der Waals surface area contributed by atoms with Crippen molar-refractivity contribution in [3.8, 4) is 0 Å². The Hall–Kier alpha value is -0.270. The molecule has 1 rings (SSSR count). The van der Waals surface area contributed by atoms with E-state index in [-0.39, 0.29) is 0 Å². The summed E-state index contributed by atoms with van der Waals surface area (Å²) < 4.78 is 0. The topological polar surface area (TPSA) is 12.9 Å². The molecule has 0 fully saturated rings. The standard InChI is InChI=1S/C7H7Cl2N/c1-5-4-10-6(3-8)2-7(5)9/h2,4H,3H2,1H3. The molecular formula is C7H7Cl2N. The van der Waals surface area contributed by atoms with Gasteiger partial charge in [-0.05, 0) is 18.6 Å². The molecule has 0 atom stereocenters. The second-order valence-corrected chi connectivity index (χ2v) is 2.73. The molecule has 0 aromatic carbocycles. The van der Waals surface area contributed by atoms with Gasteiger partial charge in [-0.3, -0.25) is 4.98 Å². The summed E-state index contributed by atoms with van der Waals surface area (Å²) in [5.41, 5.74) is 1.80. The number of hydrogen-bond donors (Lipinski definition) is 0. The fourth-order valence-electron chi connectivity index (χ4n) is 0.612. The maximum absolute atomic E-state index is 5.79. The Morgan fingerprint density at radius 1 is 1.60 bits per heavy atom. The minimum atomic E-state index is 0.417. The van der Waals surface area contributed by atoms with Crippen molar-refractivity contribution in [1.82, 2.24) is 4.98 Å². The van der Waals surface area contributed by atoms with Gasteiger partial charge in [0.2, 0.25) is 0 Å². The molecule has 0 amide bonds. The van der Waals surface area contributed by atoms with Crippen molar-refractivity contribution in [2.45, 2.75) is 12.8 Å². The van der Waals surface area contributed by atoms with Crippen molar-refractivity contribution in [2.24, 2.45) is 0 Å². The Bertz CT molecular complexity index is 235. The van der Waals surface area contributed by atoms with Gasteiger partial charge in [0.05, 0.1) is 11.6 Å². The fraction of sp³-hybridized carbons (Fsp3) is 0.286. The number of aryl methyl sites for hydroxylation is 1. The predicted molar refractivity (Wildman–Crippen MR) is 43.5 cm³/mol. The largest absolute Gasteiger partial charge is 0.260 e. The van der Waals surface area contributed by atoms with Gasteiger partial charge in [0, 0.05) is 11.2 Å². The van der Waals surface area contributed by atoms with E-state index in [4.69, 9.17) is 23.2 Å². The lowest BCUT2D eigenvalue weighted by Crippen LogP contribution is -1.85. The van der Waals surface area contributed by atoms with E-state index >= 15 is 0 Å². The number of aromatic nitrogens is 1. The fourth-order valence-corrected chi connectivity index (χ4v) is 0.933. The Kier molecular flexibility index (Phi) is 2.52. The molecule has 0 radical (unpaired) electrons. The number of hydrogen-bond acceptors (Lipinski definition) is 1. The molecule has 54 valence electrons. The zero-order chi connectivity index (χ0) is 7.56. The maximum Gasteiger partial charge on any atom is 0.0647 e. The van der Waals surface area contributed by atoms with Crippen LogP contribution in [0.2, 0.25) is 5.02 Å². The van der Waals surface area contributed by atoms with Crippen molar-refractivity contribution in [3.63, 3.8) is 0 Å². The van der Waals surface area contributed by atoms with Crippen LogP contribution in [-0.4, -0.2) is 4.98 Å².